The van der Waals surface area contributed by atoms with Crippen LogP contribution in [-0.2, 0) is 16.0 Å². The minimum atomic E-state index is -1.82. The summed E-state index contributed by atoms with van der Waals surface area (Å²) in [6, 6.07) is 8.47. The van der Waals surface area contributed by atoms with Crippen LogP contribution in [-0.4, -0.2) is 53.3 Å². The van der Waals surface area contributed by atoms with E-state index in [0.29, 0.717) is 0 Å². The molecule has 0 radical (unpaired) electrons. The van der Waals surface area contributed by atoms with Crippen LogP contribution < -0.4 is 4.74 Å². The van der Waals surface area contributed by atoms with Crippen LogP contribution in [0.5, 0.6) is 5.75 Å². The maximum Gasteiger partial charge on any atom is 0.414 e. The molecule has 1 heterocycles. The van der Waals surface area contributed by atoms with Gasteiger partial charge < -0.3 is 19.8 Å². The van der Waals surface area contributed by atoms with E-state index in [0.717, 1.165) is 25.2 Å². The van der Waals surface area contributed by atoms with Crippen LogP contribution in [0.1, 0.15) is 51.0 Å². The number of likely N-dealkylation sites (tertiary alicyclic amines) is 1. The fourth-order valence-electron chi connectivity index (χ4n) is 2.84. The molecule has 0 aromatic heterocycles. The molecule has 1 aliphatic rings. The van der Waals surface area contributed by atoms with Gasteiger partial charge in [-0.05, 0) is 69.4 Å². The molecule has 0 saturated carbocycles. The van der Waals surface area contributed by atoms with Crippen molar-refractivity contribution in [1.29, 1.82) is 0 Å². The number of carboxylic acids is 2. The number of nitrogens with zero attached hydrogens (tertiary/aromatic N) is 1. The molecular formula is C20H31NO5. The third-order valence-electron chi connectivity index (χ3n) is 4.33. The lowest BCUT2D eigenvalue weighted by atomic mass is 10.2. The smallest absolute Gasteiger partial charge is 0.414 e. The summed E-state index contributed by atoms with van der Waals surface area (Å²) in [5.41, 5.74) is 1.35. The standard InChI is InChI=1S/C18H29NO.C2H2O4/c1-2-17-10-9-11-18(16-17)20-15-8-7-14-19-12-5-3-4-6-13-19;3-1(4)2(5)6/h9-11,16H,2-8,12-15H2,1H3;(H,3,4)(H,5,6). The van der Waals surface area contributed by atoms with E-state index in [1.165, 1.54) is 57.3 Å². The average molecular weight is 365 g/mol. The molecular weight excluding hydrogens is 334 g/mol. The van der Waals surface area contributed by atoms with Gasteiger partial charge in [-0.25, -0.2) is 9.59 Å². The first kappa shape index (κ1) is 22.0. The molecule has 0 aliphatic carbocycles. The van der Waals surface area contributed by atoms with Gasteiger partial charge in [0, 0.05) is 0 Å². The molecule has 6 heteroatoms. The summed E-state index contributed by atoms with van der Waals surface area (Å²) >= 11 is 0. The minimum absolute atomic E-state index is 0.848. The van der Waals surface area contributed by atoms with Crippen molar-refractivity contribution >= 4 is 11.9 Å². The normalized spacial score (nSPS) is 14.7. The van der Waals surface area contributed by atoms with E-state index in [2.05, 4.69) is 36.1 Å². The first-order valence-electron chi connectivity index (χ1n) is 9.43. The Kier molecular flexibility index (Phi) is 11.1. The summed E-state index contributed by atoms with van der Waals surface area (Å²) in [4.78, 5) is 20.8. The topological polar surface area (TPSA) is 87.1 Å². The summed E-state index contributed by atoms with van der Waals surface area (Å²) in [7, 11) is 0. The molecule has 26 heavy (non-hydrogen) atoms. The molecule has 6 nitrogen and oxygen atoms in total. The van der Waals surface area contributed by atoms with Gasteiger partial charge in [-0.15, -0.1) is 0 Å². The highest BCUT2D eigenvalue weighted by Gasteiger charge is 2.08. The Hall–Kier alpha value is -2.08. The van der Waals surface area contributed by atoms with Crippen LogP contribution in [0.3, 0.4) is 0 Å². The maximum absolute atomic E-state index is 9.10. The number of carboxylic acid groups (broad SMARTS) is 2. The zero-order valence-electron chi connectivity index (χ0n) is 15.7. The number of benzene rings is 1. The molecule has 0 bridgehead atoms. The Morgan fingerprint density at radius 2 is 1.69 bits per heavy atom. The lowest BCUT2D eigenvalue weighted by Crippen LogP contribution is -2.25. The Morgan fingerprint density at radius 3 is 2.27 bits per heavy atom. The quantitative estimate of drug-likeness (QED) is 0.568. The summed E-state index contributed by atoms with van der Waals surface area (Å²) in [6.07, 6.45) is 9.12. The van der Waals surface area contributed by atoms with E-state index in [1.807, 2.05) is 0 Å². The Bertz CT molecular complexity index is 527. The van der Waals surface area contributed by atoms with E-state index in [9.17, 15) is 0 Å². The largest absolute Gasteiger partial charge is 0.494 e. The molecule has 0 amide bonds. The van der Waals surface area contributed by atoms with Crippen molar-refractivity contribution in [1.82, 2.24) is 4.90 Å². The number of carbonyl (C=O) groups is 2. The van der Waals surface area contributed by atoms with Crippen molar-refractivity contribution in [3.05, 3.63) is 29.8 Å². The zero-order chi connectivity index (χ0) is 19.2. The molecule has 2 N–H and O–H groups in total. The Balaban J connectivity index is 0.000000487. The van der Waals surface area contributed by atoms with E-state index in [1.54, 1.807) is 0 Å². The van der Waals surface area contributed by atoms with Crippen LogP contribution in [0.2, 0.25) is 0 Å². The lowest BCUT2D eigenvalue weighted by Gasteiger charge is -2.19. The van der Waals surface area contributed by atoms with Crippen LogP contribution in [0.4, 0.5) is 0 Å². The molecule has 2 rings (SSSR count). The fraction of sp³-hybridized carbons (Fsp3) is 0.600. The fourth-order valence-corrected chi connectivity index (χ4v) is 2.84. The number of hydrogen-bond donors (Lipinski definition) is 2. The number of aliphatic carboxylic acids is 2. The van der Waals surface area contributed by atoms with Crippen LogP contribution in [0.25, 0.3) is 0 Å². The van der Waals surface area contributed by atoms with Crippen molar-refractivity contribution in [2.24, 2.45) is 0 Å². The highest BCUT2D eigenvalue weighted by Crippen LogP contribution is 2.14. The van der Waals surface area contributed by atoms with Gasteiger partial charge in [-0.1, -0.05) is 31.9 Å². The molecule has 0 unspecified atom stereocenters. The van der Waals surface area contributed by atoms with E-state index in [4.69, 9.17) is 24.5 Å². The molecule has 146 valence electrons. The van der Waals surface area contributed by atoms with Gasteiger partial charge in [-0.2, -0.15) is 0 Å². The number of unbranched alkanes of at least 4 members (excludes halogenated alkanes) is 1. The predicted molar refractivity (Wildman–Crippen MR) is 101 cm³/mol. The first-order chi connectivity index (χ1) is 12.5. The Morgan fingerprint density at radius 1 is 1.04 bits per heavy atom. The summed E-state index contributed by atoms with van der Waals surface area (Å²) in [6.45, 7) is 6.89. The molecule has 1 aromatic rings. The highest BCUT2D eigenvalue weighted by atomic mass is 16.5. The molecule has 1 fully saturated rings. The predicted octanol–water partition coefficient (Wildman–Crippen LogP) is 3.44. The summed E-state index contributed by atoms with van der Waals surface area (Å²) < 4.78 is 5.84. The molecule has 1 aromatic carbocycles. The van der Waals surface area contributed by atoms with Gasteiger partial charge in [0.25, 0.3) is 0 Å². The van der Waals surface area contributed by atoms with E-state index >= 15 is 0 Å². The SMILES string of the molecule is CCc1cccc(OCCCCN2CCCCCC2)c1.O=C(O)C(=O)O. The van der Waals surface area contributed by atoms with Crippen molar-refractivity contribution in [3.8, 4) is 5.75 Å². The number of ether oxygens (including phenoxy) is 1. The van der Waals surface area contributed by atoms with Gasteiger partial charge in [-0.3, -0.25) is 0 Å². The Labute approximate surface area is 155 Å². The van der Waals surface area contributed by atoms with Gasteiger partial charge in [0.1, 0.15) is 5.75 Å². The maximum atomic E-state index is 9.10. The van der Waals surface area contributed by atoms with Crippen molar-refractivity contribution in [2.45, 2.75) is 51.9 Å². The zero-order valence-corrected chi connectivity index (χ0v) is 15.7. The van der Waals surface area contributed by atoms with E-state index in [-0.39, 0.29) is 0 Å². The van der Waals surface area contributed by atoms with Gasteiger partial charge in [0.15, 0.2) is 0 Å². The summed E-state index contributed by atoms with van der Waals surface area (Å²) in [5.74, 6) is -2.62. The number of hydrogen-bond acceptors (Lipinski definition) is 4. The monoisotopic (exact) mass is 365 g/mol. The minimum Gasteiger partial charge on any atom is -0.494 e. The van der Waals surface area contributed by atoms with Gasteiger partial charge in [0.2, 0.25) is 0 Å². The average Bonchev–Trinajstić information content (AvgIpc) is 2.91. The van der Waals surface area contributed by atoms with Gasteiger partial charge >= 0.3 is 11.9 Å². The van der Waals surface area contributed by atoms with Crippen LogP contribution in [0, 0.1) is 0 Å². The second-order valence-corrected chi connectivity index (χ2v) is 6.42. The molecule has 1 saturated heterocycles. The molecule has 0 atom stereocenters. The van der Waals surface area contributed by atoms with Crippen LogP contribution in [0.15, 0.2) is 24.3 Å². The second-order valence-electron chi connectivity index (χ2n) is 6.42. The third-order valence-corrected chi connectivity index (χ3v) is 4.33. The van der Waals surface area contributed by atoms with Crippen molar-refractivity contribution in [2.75, 3.05) is 26.2 Å². The third kappa shape index (κ3) is 10.0. The van der Waals surface area contributed by atoms with Crippen LogP contribution >= 0.6 is 0 Å². The summed E-state index contributed by atoms with van der Waals surface area (Å²) in [5, 5.41) is 14.8. The number of rotatable bonds is 7. The second kappa shape index (κ2) is 13.2. The van der Waals surface area contributed by atoms with Crippen molar-refractivity contribution < 1.29 is 24.5 Å². The lowest BCUT2D eigenvalue weighted by molar-refractivity contribution is -0.159. The number of aryl methyl sites for hydroxylation is 1. The van der Waals surface area contributed by atoms with Crippen molar-refractivity contribution in [3.63, 3.8) is 0 Å². The van der Waals surface area contributed by atoms with Gasteiger partial charge in [0.05, 0.1) is 6.61 Å². The molecule has 1 aliphatic heterocycles. The van der Waals surface area contributed by atoms with E-state index < -0.39 is 11.9 Å². The highest BCUT2D eigenvalue weighted by molar-refractivity contribution is 6.27. The first-order valence-corrected chi connectivity index (χ1v) is 9.43. The molecule has 0 spiro atoms.